The van der Waals surface area contributed by atoms with Crippen LogP contribution >= 0.6 is 55.1 Å². The Morgan fingerprint density at radius 1 is 0.575 bits per heavy atom. The fourth-order valence-electron chi connectivity index (χ4n) is 8.26. The highest BCUT2D eigenvalue weighted by Crippen LogP contribution is 2.28. The number of aliphatic hydroxyl groups excluding tert-OH is 1. The van der Waals surface area contributed by atoms with Crippen molar-refractivity contribution in [3.05, 3.63) is 166 Å². The number of rotatable bonds is 6. The first-order valence-corrected chi connectivity index (χ1v) is 25.2. The maximum absolute atomic E-state index is 13.5. The summed E-state index contributed by atoms with van der Waals surface area (Å²) >= 11 is 18.2. The average molecular weight is 1150 g/mol. The Labute approximate surface area is 443 Å². The van der Waals surface area contributed by atoms with Gasteiger partial charge >= 0.3 is 0 Å². The number of amides is 2. The summed E-state index contributed by atoms with van der Waals surface area (Å²) in [6.45, 7) is 4.92. The number of carbonyl (C=O) groups excluding carboxylic acids is 2. The Hall–Kier alpha value is -7.18. The number of piperidine rings is 2. The van der Waals surface area contributed by atoms with Gasteiger partial charge in [-0.05, 0) is 95.7 Å². The topological polar surface area (TPSA) is 222 Å². The van der Waals surface area contributed by atoms with Crippen LogP contribution in [-0.2, 0) is 0 Å². The van der Waals surface area contributed by atoms with Crippen LogP contribution in [0.25, 0.3) is 28.3 Å². The van der Waals surface area contributed by atoms with E-state index < -0.39 is 6.10 Å². The number of aliphatic hydroxyl groups is 1. The van der Waals surface area contributed by atoms with Gasteiger partial charge in [-0.2, -0.15) is 30.0 Å². The van der Waals surface area contributed by atoms with Crippen molar-refractivity contribution in [3.63, 3.8) is 0 Å². The van der Waals surface area contributed by atoms with Crippen molar-refractivity contribution < 1.29 is 19.4 Å². The van der Waals surface area contributed by atoms with E-state index in [0.717, 1.165) is 34.9 Å². The summed E-state index contributed by atoms with van der Waals surface area (Å²) in [6, 6.07) is 14.9. The van der Waals surface area contributed by atoms with Crippen molar-refractivity contribution in [2.45, 2.75) is 63.8 Å². The molecule has 21 nitrogen and oxygen atoms in total. The maximum atomic E-state index is 13.5. The molecule has 0 saturated carbocycles. The summed E-state index contributed by atoms with van der Waals surface area (Å²) in [5, 5.41) is 27.2. The minimum Gasteiger partial charge on any atom is -0.470 e. The minimum atomic E-state index is -0.444. The monoisotopic (exact) mass is 1150 g/mol. The summed E-state index contributed by atoms with van der Waals surface area (Å²) in [5.41, 5.74) is 4.42. The van der Waals surface area contributed by atoms with Gasteiger partial charge in [0.15, 0.2) is 21.6 Å². The average Bonchev–Trinajstić information content (AvgIpc) is 4.29. The minimum absolute atomic E-state index is 0.0663. The number of aromatic nitrogens is 15. The first-order chi connectivity index (χ1) is 35.4. The summed E-state index contributed by atoms with van der Waals surface area (Å²) < 4.78 is 13.4. The highest BCUT2D eigenvalue weighted by Gasteiger charge is 2.33. The van der Waals surface area contributed by atoms with Crippen LogP contribution in [0.3, 0.4) is 0 Å². The lowest BCUT2D eigenvalue weighted by molar-refractivity contribution is 0.0309. The third-order valence-corrected chi connectivity index (χ3v) is 13.7. The van der Waals surface area contributed by atoms with E-state index in [-0.39, 0.29) is 30.0 Å². The van der Waals surface area contributed by atoms with Crippen molar-refractivity contribution in [1.82, 2.24) is 82.9 Å². The van der Waals surface area contributed by atoms with Gasteiger partial charge in [0.05, 0.1) is 72.3 Å². The van der Waals surface area contributed by atoms with Gasteiger partial charge in [-0.3, -0.25) is 18.4 Å². The molecule has 0 bridgehead atoms. The number of β-amino-alcohol motifs (C(OH)–C–C–N with tert-alkyl or cyclic N) is 1. The van der Waals surface area contributed by atoms with Gasteiger partial charge in [0.25, 0.3) is 17.7 Å². The normalized spacial score (nSPS) is 17.5. The molecule has 10 aromatic rings. The molecule has 10 heterocycles. The lowest BCUT2D eigenvalue weighted by Gasteiger charge is -2.38. The molecule has 0 unspecified atom stereocenters. The summed E-state index contributed by atoms with van der Waals surface area (Å²) in [7, 11) is 0. The van der Waals surface area contributed by atoms with Crippen molar-refractivity contribution in [2.75, 3.05) is 13.1 Å². The predicted molar refractivity (Wildman–Crippen MR) is 277 cm³/mol. The quantitative estimate of drug-likeness (QED) is 0.167. The van der Waals surface area contributed by atoms with Crippen LogP contribution in [0.4, 0.5) is 0 Å². The molecule has 1 N–H and O–H groups in total. The Bertz CT molecular complexity index is 3460. The highest BCUT2D eigenvalue weighted by atomic mass is 79.9. The van der Waals surface area contributed by atoms with Gasteiger partial charge in [-0.15, -0.1) is 0 Å². The van der Waals surface area contributed by atoms with E-state index in [1.807, 2.05) is 79.9 Å². The number of imidazole rings is 3. The largest absolute Gasteiger partial charge is 0.470 e. The second kappa shape index (κ2) is 23.1. The first-order valence-electron chi connectivity index (χ1n) is 22.9. The first kappa shape index (κ1) is 50.7. The molecule has 8 aromatic heterocycles. The standard InChI is InChI=1S/C21H20BrN7O2.C15H18N4O2.C6H3BrClN3.C6H4ClN3/c1-14-6-7-15(31-20-19-24-12-18(22)27(19)11-10-23-20)13-28(14)21(30)16-4-2-3-5-17(16)29-25-8-9-26-29;1-11-6-7-12(20)10-18(11)15(21)13-4-2-3-5-14(13)19-16-8-9-17-19;7-4-3-10-6-5(8)9-1-2-11(4)6;7-5-6-9-2-4-10(6)3-1-8-5/h2-5,8-12,14-15H,6-7,13H2,1H3;2-5,8-9,11-12,20H,6-7,10H2,1H3;1-3H;1-4H/t14-,15-;11-,12-;;/m11../s1. The third kappa shape index (κ3) is 11.6. The van der Waals surface area contributed by atoms with Crippen LogP contribution < -0.4 is 4.74 Å². The fourth-order valence-corrected chi connectivity index (χ4v) is 9.43. The summed E-state index contributed by atoms with van der Waals surface area (Å²) in [4.78, 5) is 57.3. The van der Waals surface area contributed by atoms with Crippen LogP contribution in [0.1, 0.15) is 60.2 Å². The number of hydrogen-bond donors (Lipinski definition) is 1. The van der Waals surface area contributed by atoms with E-state index in [2.05, 4.69) is 89.1 Å². The van der Waals surface area contributed by atoms with Crippen molar-refractivity contribution in [2.24, 2.45) is 0 Å². The molecule has 25 heteroatoms. The highest BCUT2D eigenvalue weighted by molar-refractivity contribution is 9.10. The Kier molecular flexibility index (Phi) is 16.1. The molecule has 73 heavy (non-hydrogen) atoms. The number of halogens is 4. The number of benzene rings is 2. The lowest BCUT2D eigenvalue weighted by atomic mass is 9.99. The maximum Gasteiger partial charge on any atom is 0.258 e. The third-order valence-electron chi connectivity index (χ3n) is 12.0. The number of nitrogens with zero attached hydrogens (tertiary/aromatic N) is 17. The predicted octanol–water partition coefficient (Wildman–Crippen LogP) is 7.93. The Morgan fingerprint density at radius 3 is 1.63 bits per heavy atom. The Balaban J connectivity index is 0.000000133. The van der Waals surface area contributed by atoms with E-state index in [4.69, 9.17) is 27.9 Å². The number of fused-ring (bicyclic) bond motifs is 3. The van der Waals surface area contributed by atoms with E-state index in [0.29, 0.717) is 68.7 Å². The molecule has 2 fully saturated rings. The van der Waals surface area contributed by atoms with E-state index in [9.17, 15) is 14.7 Å². The van der Waals surface area contributed by atoms with Crippen molar-refractivity contribution in [1.29, 1.82) is 0 Å². The molecule has 2 amide bonds. The van der Waals surface area contributed by atoms with Crippen LogP contribution in [-0.4, -0.2) is 137 Å². The molecule has 2 aliphatic heterocycles. The molecular weight excluding hydrogens is 1110 g/mol. The molecule has 4 atom stereocenters. The van der Waals surface area contributed by atoms with Gasteiger partial charge in [0, 0.05) is 68.2 Å². The summed E-state index contributed by atoms with van der Waals surface area (Å²) in [5.74, 6) is 0.305. The molecule has 2 saturated heterocycles. The molecule has 0 spiro atoms. The SMILES string of the molecule is C[C@@H]1CC[C@@H](O)CN1C(=O)c1ccccc1-n1nccn1.C[C@@H]1CC[C@@H](Oc2nccn3c(Br)cnc23)CN1C(=O)c1ccccc1-n1nccn1.Clc1nccn2c(Br)cnc12.Clc1nccn2ccnc12. The molecule has 0 aliphatic carbocycles. The number of ether oxygens (including phenoxy) is 1. The van der Waals surface area contributed by atoms with E-state index in [1.165, 1.54) is 9.59 Å². The van der Waals surface area contributed by atoms with Gasteiger partial charge in [-0.25, -0.2) is 29.9 Å². The lowest BCUT2D eigenvalue weighted by Crippen LogP contribution is -2.49. The van der Waals surface area contributed by atoms with Crippen LogP contribution in [0.5, 0.6) is 5.88 Å². The zero-order valence-corrected chi connectivity index (χ0v) is 43.7. The van der Waals surface area contributed by atoms with Gasteiger partial charge in [0.2, 0.25) is 5.65 Å². The second-order valence-electron chi connectivity index (χ2n) is 16.7. The number of hydrogen-bond acceptors (Lipinski definition) is 14. The zero-order chi connectivity index (χ0) is 51.0. The number of para-hydroxylation sites is 2. The fraction of sp³-hybridized carbons (Fsp3) is 0.250. The van der Waals surface area contributed by atoms with Crippen LogP contribution in [0.2, 0.25) is 10.3 Å². The second-order valence-corrected chi connectivity index (χ2v) is 19.0. The molecular formula is C48H45Br2Cl2N17O4. The van der Waals surface area contributed by atoms with E-state index in [1.54, 1.807) is 85.3 Å². The van der Waals surface area contributed by atoms with Crippen molar-refractivity contribution in [3.8, 4) is 17.3 Å². The van der Waals surface area contributed by atoms with Crippen LogP contribution in [0, 0.1) is 0 Å². The van der Waals surface area contributed by atoms with Gasteiger partial charge in [-0.1, -0.05) is 47.5 Å². The zero-order valence-electron chi connectivity index (χ0n) is 39.0. The molecule has 2 aliphatic rings. The number of likely N-dealkylation sites (tertiary alicyclic amines) is 2. The molecule has 374 valence electrons. The van der Waals surface area contributed by atoms with Crippen LogP contribution in [0.15, 0.2) is 144 Å². The Morgan fingerprint density at radius 2 is 1.05 bits per heavy atom. The molecule has 0 radical (unpaired) electrons. The summed E-state index contributed by atoms with van der Waals surface area (Å²) in [6.07, 6.45) is 26.2. The molecule has 12 rings (SSSR count). The van der Waals surface area contributed by atoms with Gasteiger partial charge < -0.3 is 24.0 Å². The molecule has 2 aromatic carbocycles. The van der Waals surface area contributed by atoms with Gasteiger partial charge in [0.1, 0.15) is 15.3 Å². The smallest absolute Gasteiger partial charge is 0.258 e. The number of carbonyl (C=O) groups is 2. The van der Waals surface area contributed by atoms with Crippen molar-refractivity contribution >= 4 is 83.8 Å². The van der Waals surface area contributed by atoms with E-state index >= 15 is 0 Å².